The maximum atomic E-state index is 12.8. The van der Waals surface area contributed by atoms with Gasteiger partial charge in [0.25, 0.3) is 0 Å². The average Bonchev–Trinajstić information content (AvgIpc) is 2.54. The van der Waals surface area contributed by atoms with Crippen molar-refractivity contribution < 1.29 is 8.78 Å². The summed E-state index contributed by atoms with van der Waals surface area (Å²) in [4.78, 5) is 0. The summed E-state index contributed by atoms with van der Waals surface area (Å²) in [5.41, 5.74) is 0.537. The number of thioether (sulfide) groups is 1. The molecule has 1 fully saturated rings. The highest BCUT2D eigenvalue weighted by molar-refractivity contribution is 7.99. The molecule has 1 aliphatic rings. The third kappa shape index (κ3) is 2.38. The molecule has 1 nitrogen and oxygen atoms in total. The van der Waals surface area contributed by atoms with Gasteiger partial charge in [0.1, 0.15) is 11.6 Å². The van der Waals surface area contributed by atoms with Gasteiger partial charge in [0, 0.05) is 23.5 Å². The molecule has 0 spiro atoms. The number of hydrogen-bond acceptors (Lipinski definition) is 2. The van der Waals surface area contributed by atoms with Gasteiger partial charge in [-0.1, -0.05) is 0 Å². The summed E-state index contributed by atoms with van der Waals surface area (Å²) in [6.07, 6.45) is 1.06. The summed E-state index contributed by atoms with van der Waals surface area (Å²) in [5.74, 6) is 1.07. The van der Waals surface area contributed by atoms with Crippen LogP contribution in [0.5, 0.6) is 0 Å². The van der Waals surface area contributed by atoms with Crippen molar-refractivity contribution in [1.29, 1.82) is 0 Å². The highest BCUT2D eigenvalue weighted by Crippen LogP contribution is 2.22. The molecule has 4 heteroatoms. The maximum Gasteiger partial charge on any atom is 0.128 e. The Hall–Kier alpha value is -0.770. The summed E-state index contributed by atoms with van der Waals surface area (Å²) in [6.45, 7) is 0. The minimum Gasteiger partial charge on any atom is -0.381 e. The molecule has 1 saturated heterocycles. The lowest BCUT2D eigenvalue weighted by molar-refractivity contribution is 0.583. The van der Waals surface area contributed by atoms with E-state index < -0.39 is 11.6 Å². The second-order valence-electron chi connectivity index (χ2n) is 3.36. The molecular formula is C10H11F2NS. The van der Waals surface area contributed by atoms with E-state index in [2.05, 4.69) is 5.32 Å². The van der Waals surface area contributed by atoms with Gasteiger partial charge in [0.2, 0.25) is 0 Å². The van der Waals surface area contributed by atoms with Gasteiger partial charge in [-0.2, -0.15) is 11.8 Å². The second kappa shape index (κ2) is 4.17. The van der Waals surface area contributed by atoms with Crippen molar-refractivity contribution in [2.75, 3.05) is 16.8 Å². The third-order valence-corrected chi connectivity index (χ3v) is 3.33. The molecule has 1 unspecified atom stereocenters. The monoisotopic (exact) mass is 215 g/mol. The number of nitrogens with one attached hydrogen (secondary N) is 1. The topological polar surface area (TPSA) is 12.0 Å². The van der Waals surface area contributed by atoms with E-state index in [9.17, 15) is 8.78 Å². The highest BCUT2D eigenvalue weighted by atomic mass is 32.2. The molecule has 1 aliphatic heterocycles. The molecule has 0 bridgehead atoms. The van der Waals surface area contributed by atoms with Gasteiger partial charge in [-0.15, -0.1) is 0 Å². The second-order valence-corrected chi connectivity index (χ2v) is 4.51. The Labute approximate surface area is 85.9 Å². The predicted molar refractivity (Wildman–Crippen MR) is 55.7 cm³/mol. The molecule has 0 saturated carbocycles. The van der Waals surface area contributed by atoms with Crippen LogP contribution in [0.15, 0.2) is 18.2 Å². The molecule has 14 heavy (non-hydrogen) atoms. The Kier molecular flexibility index (Phi) is 2.91. The summed E-state index contributed by atoms with van der Waals surface area (Å²) in [5, 5.41) is 3.12. The molecule has 76 valence electrons. The van der Waals surface area contributed by atoms with Crippen LogP contribution in [0.1, 0.15) is 6.42 Å². The highest BCUT2D eigenvalue weighted by Gasteiger charge is 2.15. The number of halogens is 2. The lowest BCUT2D eigenvalue weighted by Gasteiger charge is -2.12. The number of benzene rings is 1. The fourth-order valence-corrected chi connectivity index (χ4v) is 2.67. The molecule has 0 radical (unpaired) electrons. The van der Waals surface area contributed by atoms with Crippen LogP contribution in [-0.2, 0) is 0 Å². The van der Waals surface area contributed by atoms with Crippen LogP contribution >= 0.6 is 11.8 Å². The van der Waals surface area contributed by atoms with Gasteiger partial charge in [-0.25, -0.2) is 8.78 Å². The van der Waals surface area contributed by atoms with Crippen LogP contribution in [0.4, 0.5) is 14.5 Å². The number of anilines is 1. The standard InChI is InChI=1S/C10H11F2NS/c11-7-3-8(12)5-10(4-7)13-9-1-2-14-6-9/h3-5,9,13H,1-2,6H2. The minimum absolute atomic E-state index is 0.348. The number of hydrogen-bond donors (Lipinski definition) is 1. The molecular weight excluding hydrogens is 204 g/mol. The first-order valence-corrected chi connectivity index (χ1v) is 5.70. The van der Waals surface area contributed by atoms with Crippen LogP contribution in [0.2, 0.25) is 0 Å². The van der Waals surface area contributed by atoms with Crippen LogP contribution < -0.4 is 5.32 Å². The van der Waals surface area contributed by atoms with Crippen molar-refractivity contribution in [3.8, 4) is 0 Å². The first kappa shape index (κ1) is 9.77. The maximum absolute atomic E-state index is 12.8. The zero-order valence-corrected chi connectivity index (χ0v) is 8.41. The van der Waals surface area contributed by atoms with E-state index in [1.807, 2.05) is 11.8 Å². The fraction of sp³-hybridized carbons (Fsp3) is 0.400. The van der Waals surface area contributed by atoms with Gasteiger partial charge in [0.15, 0.2) is 0 Å². The Bertz CT molecular complexity index is 304. The van der Waals surface area contributed by atoms with Crippen molar-refractivity contribution in [2.24, 2.45) is 0 Å². The van der Waals surface area contributed by atoms with E-state index in [0.29, 0.717) is 11.7 Å². The van der Waals surface area contributed by atoms with Crippen molar-refractivity contribution in [3.05, 3.63) is 29.8 Å². The SMILES string of the molecule is Fc1cc(F)cc(NC2CCSC2)c1. The quantitative estimate of drug-likeness (QED) is 0.814. The van der Waals surface area contributed by atoms with Gasteiger partial charge in [0.05, 0.1) is 0 Å². The van der Waals surface area contributed by atoms with E-state index in [4.69, 9.17) is 0 Å². The molecule has 0 aliphatic carbocycles. The van der Waals surface area contributed by atoms with Gasteiger partial charge < -0.3 is 5.32 Å². The summed E-state index contributed by atoms with van der Waals surface area (Å²) in [6, 6.07) is 3.88. The van der Waals surface area contributed by atoms with E-state index in [0.717, 1.165) is 24.0 Å². The first-order chi connectivity index (χ1) is 6.74. The molecule has 2 rings (SSSR count). The van der Waals surface area contributed by atoms with E-state index in [1.165, 1.54) is 12.1 Å². The van der Waals surface area contributed by atoms with Crippen molar-refractivity contribution in [1.82, 2.24) is 0 Å². The normalized spacial score (nSPS) is 21.1. The predicted octanol–water partition coefficient (Wildman–Crippen LogP) is 2.88. The Balaban J connectivity index is 2.07. The zero-order valence-electron chi connectivity index (χ0n) is 7.59. The summed E-state index contributed by atoms with van der Waals surface area (Å²) < 4.78 is 25.6. The third-order valence-electron chi connectivity index (χ3n) is 2.16. The van der Waals surface area contributed by atoms with Crippen LogP contribution in [0.25, 0.3) is 0 Å². The Morgan fingerprint density at radius 3 is 2.50 bits per heavy atom. The van der Waals surface area contributed by atoms with Crippen LogP contribution in [0.3, 0.4) is 0 Å². The van der Waals surface area contributed by atoms with E-state index in [1.54, 1.807) is 0 Å². The first-order valence-electron chi connectivity index (χ1n) is 4.54. The Morgan fingerprint density at radius 2 is 1.93 bits per heavy atom. The van der Waals surface area contributed by atoms with Gasteiger partial charge >= 0.3 is 0 Å². The number of rotatable bonds is 2. The largest absolute Gasteiger partial charge is 0.381 e. The van der Waals surface area contributed by atoms with E-state index in [-0.39, 0.29) is 0 Å². The van der Waals surface area contributed by atoms with Gasteiger partial charge in [-0.05, 0) is 24.3 Å². The van der Waals surface area contributed by atoms with Crippen LogP contribution in [0, 0.1) is 11.6 Å². The Morgan fingerprint density at radius 1 is 1.21 bits per heavy atom. The van der Waals surface area contributed by atoms with Crippen molar-refractivity contribution >= 4 is 17.4 Å². The van der Waals surface area contributed by atoms with E-state index >= 15 is 0 Å². The lowest BCUT2D eigenvalue weighted by Crippen LogP contribution is -2.18. The van der Waals surface area contributed by atoms with Crippen molar-refractivity contribution in [3.63, 3.8) is 0 Å². The molecule has 1 aromatic rings. The zero-order chi connectivity index (χ0) is 9.97. The summed E-state index contributed by atoms with van der Waals surface area (Å²) >= 11 is 1.86. The van der Waals surface area contributed by atoms with Crippen LogP contribution in [-0.4, -0.2) is 17.5 Å². The molecule has 1 heterocycles. The summed E-state index contributed by atoms with van der Waals surface area (Å²) in [7, 11) is 0. The minimum atomic E-state index is -0.529. The molecule has 0 aromatic heterocycles. The lowest BCUT2D eigenvalue weighted by atomic mass is 10.2. The molecule has 1 aromatic carbocycles. The molecule has 1 N–H and O–H groups in total. The van der Waals surface area contributed by atoms with Crippen molar-refractivity contribution in [2.45, 2.75) is 12.5 Å². The smallest absolute Gasteiger partial charge is 0.128 e. The van der Waals surface area contributed by atoms with Gasteiger partial charge in [-0.3, -0.25) is 0 Å². The average molecular weight is 215 g/mol. The fourth-order valence-electron chi connectivity index (χ4n) is 1.52. The molecule has 1 atom stereocenters. The molecule has 0 amide bonds.